The predicted octanol–water partition coefficient (Wildman–Crippen LogP) is 2.00. The van der Waals surface area contributed by atoms with E-state index in [1.807, 2.05) is 18.2 Å². The first-order valence-electron chi connectivity index (χ1n) is 5.09. The van der Waals surface area contributed by atoms with E-state index in [1.54, 1.807) is 0 Å². The monoisotopic (exact) mass is 188 g/mol. The number of Topliss-reactive ketones (excluding diaryl/α,β-unsaturated/α-hetero) is 1. The van der Waals surface area contributed by atoms with Crippen molar-refractivity contribution in [2.75, 3.05) is 13.2 Å². The Balaban J connectivity index is 2.11. The van der Waals surface area contributed by atoms with Gasteiger partial charge in [0.2, 0.25) is 0 Å². The molecule has 0 radical (unpaired) electrons. The van der Waals surface area contributed by atoms with Crippen LogP contribution in [-0.2, 0) is 4.74 Å². The van der Waals surface area contributed by atoms with Gasteiger partial charge in [-0.2, -0.15) is 0 Å². The van der Waals surface area contributed by atoms with Gasteiger partial charge in [0.25, 0.3) is 0 Å². The van der Waals surface area contributed by atoms with Gasteiger partial charge in [-0.15, -0.1) is 0 Å². The van der Waals surface area contributed by atoms with E-state index in [-0.39, 0.29) is 11.7 Å². The highest BCUT2D eigenvalue weighted by Gasteiger charge is 2.40. The third-order valence-corrected chi connectivity index (χ3v) is 3.32. The minimum atomic E-state index is 0.0983. The fraction of sp³-hybridized carbons (Fsp3) is 0.417. The number of rotatable bonds is 0. The van der Waals surface area contributed by atoms with Gasteiger partial charge in [-0.05, 0) is 17.9 Å². The normalized spacial score (nSPS) is 29.9. The maximum Gasteiger partial charge on any atom is 0.169 e. The molecule has 1 aliphatic carbocycles. The van der Waals surface area contributed by atoms with Crippen LogP contribution in [0, 0.1) is 5.92 Å². The number of benzene rings is 1. The fourth-order valence-corrected chi connectivity index (χ4v) is 2.61. The van der Waals surface area contributed by atoms with E-state index in [1.165, 1.54) is 5.56 Å². The standard InChI is InChI=1S/C12H12O2/c13-12-10-4-2-1-3-8(10)9-5-6-14-7-11(9)12/h1-4,9,11H,5-7H2/t9-,11-/m1/s1. The van der Waals surface area contributed by atoms with Crippen LogP contribution in [0.15, 0.2) is 24.3 Å². The van der Waals surface area contributed by atoms with Crippen molar-refractivity contribution in [1.82, 2.24) is 0 Å². The average Bonchev–Trinajstić information content (AvgIpc) is 2.55. The van der Waals surface area contributed by atoms with E-state index in [2.05, 4.69) is 6.07 Å². The molecule has 2 heteroatoms. The van der Waals surface area contributed by atoms with Crippen molar-refractivity contribution in [1.29, 1.82) is 0 Å². The number of ether oxygens (including phenoxy) is 1. The molecule has 0 N–H and O–H groups in total. The Bertz CT molecular complexity index is 384. The van der Waals surface area contributed by atoms with Crippen molar-refractivity contribution < 1.29 is 9.53 Å². The highest BCUT2D eigenvalue weighted by atomic mass is 16.5. The van der Waals surface area contributed by atoms with Crippen LogP contribution >= 0.6 is 0 Å². The molecule has 1 heterocycles. The number of ketones is 1. The molecule has 14 heavy (non-hydrogen) atoms. The van der Waals surface area contributed by atoms with E-state index >= 15 is 0 Å². The number of hydrogen-bond donors (Lipinski definition) is 0. The molecular weight excluding hydrogens is 176 g/mol. The molecular formula is C12H12O2. The summed E-state index contributed by atoms with van der Waals surface area (Å²) in [6.07, 6.45) is 0.993. The third kappa shape index (κ3) is 0.976. The molecule has 0 amide bonds. The van der Waals surface area contributed by atoms with Crippen LogP contribution in [0.3, 0.4) is 0 Å². The lowest BCUT2D eigenvalue weighted by Gasteiger charge is -2.24. The Morgan fingerprint density at radius 3 is 3.00 bits per heavy atom. The van der Waals surface area contributed by atoms with E-state index < -0.39 is 0 Å². The second kappa shape index (κ2) is 2.92. The van der Waals surface area contributed by atoms with E-state index in [0.717, 1.165) is 18.6 Å². The fourth-order valence-electron chi connectivity index (χ4n) is 2.61. The van der Waals surface area contributed by atoms with Gasteiger partial charge in [0.1, 0.15) is 0 Å². The quantitative estimate of drug-likeness (QED) is 0.622. The number of fused-ring (bicyclic) bond motifs is 3. The predicted molar refractivity (Wildman–Crippen MR) is 52.4 cm³/mol. The molecule has 0 bridgehead atoms. The zero-order valence-corrected chi connectivity index (χ0v) is 7.90. The molecule has 0 unspecified atom stereocenters. The van der Waals surface area contributed by atoms with Crippen molar-refractivity contribution >= 4 is 5.78 Å². The number of carbonyl (C=O) groups excluding carboxylic acids is 1. The minimum absolute atomic E-state index is 0.0983. The van der Waals surface area contributed by atoms with Gasteiger partial charge in [-0.25, -0.2) is 0 Å². The van der Waals surface area contributed by atoms with E-state index in [0.29, 0.717) is 12.5 Å². The summed E-state index contributed by atoms with van der Waals surface area (Å²) in [6.45, 7) is 1.40. The topological polar surface area (TPSA) is 26.3 Å². The maximum atomic E-state index is 12.0. The van der Waals surface area contributed by atoms with Crippen molar-refractivity contribution in [2.24, 2.45) is 5.92 Å². The lowest BCUT2D eigenvalue weighted by molar-refractivity contribution is 0.0412. The van der Waals surface area contributed by atoms with Crippen LogP contribution < -0.4 is 0 Å². The third-order valence-electron chi connectivity index (χ3n) is 3.32. The Morgan fingerprint density at radius 1 is 1.21 bits per heavy atom. The van der Waals surface area contributed by atoms with Crippen LogP contribution in [0.1, 0.15) is 28.3 Å². The molecule has 1 fully saturated rings. The lowest BCUT2D eigenvalue weighted by atomic mass is 9.88. The first-order chi connectivity index (χ1) is 6.88. The van der Waals surface area contributed by atoms with Crippen LogP contribution in [0.2, 0.25) is 0 Å². The zero-order valence-electron chi connectivity index (χ0n) is 7.90. The largest absolute Gasteiger partial charge is 0.381 e. The Morgan fingerprint density at radius 2 is 2.07 bits per heavy atom. The van der Waals surface area contributed by atoms with Crippen LogP contribution in [0.5, 0.6) is 0 Å². The number of carbonyl (C=O) groups is 1. The van der Waals surface area contributed by atoms with E-state index in [9.17, 15) is 4.79 Å². The number of hydrogen-bond acceptors (Lipinski definition) is 2. The molecule has 1 aliphatic heterocycles. The van der Waals surface area contributed by atoms with Gasteiger partial charge in [0, 0.05) is 12.2 Å². The van der Waals surface area contributed by atoms with Gasteiger partial charge in [0.05, 0.1) is 12.5 Å². The van der Waals surface area contributed by atoms with Gasteiger partial charge in [-0.1, -0.05) is 24.3 Å². The molecule has 2 atom stereocenters. The summed E-state index contributed by atoms with van der Waals surface area (Å²) in [6, 6.07) is 7.98. The van der Waals surface area contributed by atoms with Crippen LogP contribution in [-0.4, -0.2) is 19.0 Å². The molecule has 1 aromatic carbocycles. The smallest absolute Gasteiger partial charge is 0.169 e. The Kier molecular flexibility index (Phi) is 1.71. The molecule has 1 aromatic rings. The van der Waals surface area contributed by atoms with Crippen LogP contribution in [0.25, 0.3) is 0 Å². The molecule has 1 saturated heterocycles. The Hall–Kier alpha value is -1.15. The van der Waals surface area contributed by atoms with Crippen molar-refractivity contribution in [3.05, 3.63) is 35.4 Å². The summed E-state index contributed by atoms with van der Waals surface area (Å²) in [5.41, 5.74) is 2.17. The highest BCUT2D eigenvalue weighted by molar-refractivity contribution is 6.03. The van der Waals surface area contributed by atoms with Gasteiger partial charge in [-0.3, -0.25) is 4.79 Å². The van der Waals surface area contributed by atoms with Crippen molar-refractivity contribution in [3.8, 4) is 0 Å². The highest BCUT2D eigenvalue weighted by Crippen LogP contribution is 2.41. The zero-order chi connectivity index (χ0) is 9.54. The second-order valence-corrected chi connectivity index (χ2v) is 4.03. The van der Waals surface area contributed by atoms with Gasteiger partial charge < -0.3 is 4.74 Å². The summed E-state index contributed by atoms with van der Waals surface area (Å²) in [4.78, 5) is 12.0. The van der Waals surface area contributed by atoms with Crippen molar-refractivity contribution in [2.45, 2.75) is 12.3 Å². The minimum Gasteiger partial charge on any atom is -0.381 e. The first-order valence-corrected chi connectivity index (χ1v) is 5.09. The summed E-state index contributed by atoms with van der Waals surface area (Å²) >= 11 is 0. The summed E-state index contributed by atoms with van der Waals surface area (Å²) in [5, 5.41) is 0. The molecule has 2 aliphatic rings. The summed E-state index contributed by atoms with van der Waals surface area (Å²) < 4.78 is 5.36. The van der Waals surface area contributed by atoms with Crippen molar-refractivity contribution in [3.63, 3.8) is 0 Å². The van der Waals surface area contributed by atoms with Gasteiger partial charge in [0.15, 0.2) is 5.78 Å². The molecule has 0 spiro atoms. The summed E-state index contributed by atoms with van der Waals surface area (Å²) in [7, 11) is 0. The van der Waals surface area contributed by atoms with Crippen LogP contribution in [0.4, 0.5) is 0 Å². The molecule has 0 aromatic heterocycles. The molecule has 2 nitrogen and oxygen atoms in total. The average molecular weight is 188 g/mol. The maximum absolute atomic E-state index is 12.0. The molecule has 0 saturated carbocycles. The first kappa shape index (κ1) is 8.18. The van der Waals surface area contributed by atoms with E-state index in [4.69, 9.17) is 4.74 Å². The molecule has 72 valence electrons. The Labute approximate surface area is 82.9 Å². The molecule has 3 rings (SSSR count). The SMILES string of the molecule is O=C1c2ccccc2[C@H]2CCOC[C@@H]12. The second-order valence-electron chi connectivity index (χ2n) is 4.03. The summed E-state index contributed by atoms with van der Waals surface area (Å²) in [5.74, 6) is 0.805. The van der Waals surface area contributed by atoms with Gasteiger partial charge >= 0.3 is 0 Å². The lowest BCUT2D eigenvalue weighted by Crippen LogP contribution is -2.26.